The lowest BCUT2D eigenvalue weighted by molar-refractivity contribution is 0.0991. The van der Waals surface area contributed by atoms with Crippen molar-refractivity contribution < 1.29 is 27.5 Å². The van der Waals surface area contributed by atoms with Gasteiger partial charge in [0.25, 0.3) is 11.8 Å². The summed E-state index contributed by atoms with van der Waals surface area (Å²) in [6.07, 6.45) is 3.01. The largest absolute Gasteiger partial charge is 0.493 e. The quantitative estimate of drug-likeness (QED) is 0.639. The maximum Gasteiger partial charge on any atom is 0.278 e. The van der Waals surface area contributed by atoms with Crippen LogP contribution in [0.15, 0.2) is 34.9 Å². The Morgan fingerprint density at radius 1 is 1.27 bits per heavy atom. The maximum absolute atomic E-state index is 14.2. The van der Waals surface area contributed by atoms with Crippen molar-refractivity contribution in [3.8, 4) is 17.1 Å². The first-order valence-electron chi connectivity index (χ1n) is 8.99. The summed E-state index contributed by atoms with van der Waals surface area (Å²) >= 11 is 0. The number of primary amides is 1. The number of rotatable bonds is 6. The van der Waals surface area contributed by atoms with E-state index < -0.39 is 29.2 Å². The first-order chi connectivity index (χ1) is 14.4. The number of pyridine rings is 1. The number of nitrogens with zero attached hydrogens (tertiary/aromatic N) is 2. The van der Waals surface area contributed by atoms with Crippen LogP contribution < -0.4 is 15.8 Å². The van der Waals surface area contributed by atoms with E-state index in [1.165, 1.54) is 31.5 Å². The number of benzene rings is 1. The van der Waals surface area contributed by atoms with Gasteiger partial charge in [0.05, 0.1) is 12.7 Å². The van der Waals surface area contributed by atoms with Crippen LogP contribution in [0.4, 0.5) is 14.5 Å². The highest BCUT2D eigenvalue weighted by molar-refractivity contribution is 6.07. The van der Waals surface area contributed by atoms with E-state index in [0.29, 0.717) is 5.89 Å². The molecule has 2 heterocycles. The smallest absolute Gasteiger partial charge is 0.278 e. The molecule has 0 atom stereocenters. The number of hydrogen-bond acceptors (Lipinski definition) is 6. The number of nitrogens with two attached hydrogens (primary N) is 1. The predicted molar refractivity (Wildman–Crippen MR) is 101 cm³/mol. The number of ether oxygens (including phenoxy) is 1. The lowest BCUT2D eigenvalue weighted by Crippen LogP contribution is -2.16. The molecule has 1 fully saturated rings. The first kappa shape index (κ1) is 19.5. The zero-order valence-electron chi connectivity index (χ0n) is 15.7. The SMILES string of the molecule is COc1c(-c2oc(C3CC3)nc2C(=O)Nc2ccnc(C(N)=O)c2)ccc(F)c1F. The van der Waals surface area contributed by atoms with Crippen molar-refractivity contribution in [2.75, 3.05) is 12.4 Å². The Kier molecular flexibility index (Phi) is 4.90. The molecule has 2 aromatic heterocycles. The molecular weight excluding hydrogens is 398 g/mol. The normalized spacial score (nSPS) is 13.2. The predicted octanol–water partition coefficient (Wildman–Crippen LogP) is 3.25. The number of aromatic nitrogens is 2. The number of amides is 2. The van der Waals surface area contributed by atoms with Crippen molar-refractivity contribution in [1.82, 2.24) is 9.97 Å². The van der Waals surface area contributed by atoms with E-state index in [2.05, 4.69) is 15.3 Å². The highest BCUT2D eigenvalue weighted by atomic mass is 19.2. The Hall–Kier alpha value is -3.82. The summed E-state index contributed by atoms with van der Waals surface area (Å²) in [6.45, 7) is 0. The molecule has 0 radical (unpaired) electrons. The van der Waals surface area contributed by atoms with Crippen molar-refractivity contribution in [2.45, 2.75) is 18.8 Å². The summed E-state index contributed by atoms with van der Waals surface area (Å²) < 4.78 is 38.6. The van der Waals surface area contributed by atoms with Crippen LogP contribution >= 0.6 is 0 Å². The minimum absolute atomic E-state index is 0.0332. The van der Waals surface area contributed by atoms with Gasteiger partial charge in [-0.05, 0) is 37.1 Å². The van der Waals surface area contributed by atoms with Crippen LogP contribution in [-0.4, -0.2) is 28.9 Å². The second-order valence-electron chi connectivity index (χ2n) is 6.69. The van der Waals surface area contributed by atoms with Gasteiger partial charge in [0.15, 0.2) is 28.9 Å². The molecule has 0 saturated heterocycles. The molecule has 0 unspecified atom stereocenters. The second-order valence-corrected chi connectivity index (χ2v) is 6.69. The number of oxazole rings is 1. The lowest BCUT2D eigenvalue weighted by Gasteiger charge is -2.09. The van der Waals surface area contributed by atoms with E-state index in [-0.39, 0.29) is 34.3 Å². The van der Waals surface area contributed by atoms with Gasteiger partial charge in [-0.3, -0.25) is 14.6 Å². The van der Waals surface area contributed by atoms with Gasteiger partial charge >= 0.3 is 0 Å². The van der Waals surface area contributed by atoms with Gasteiger partial charge in [0, 0.05) is 17.8 Å². The molecule has 1 aliphatic rings. The number of carbonyl (C=O) groups is 2. The number of hydrogen-bond donors (Lipinski definition) is 2. The molecule has 0 spiro atoms. The third-order valence-corrected chi connectivity index (χ3v) is 4.55. The third-order valence-electron chi connectivity index (χ3n) is 4.55. The van der Waals surface area contributed by atoms with Crippen molar-refractivity contribution in [3.05, 3.63) is 59.4 Å². The zero-order chi connectivity index (χ0) is 21.4. The zero-order valence-corrected chi connectivity index (χ0v) is 15.7. The Labute approximate surface area is 169 Å². The molecule has 4 rings (SSSR count). The molecule has 3 N–H and O–H groups in total. The van der Waals surface area contributed by atoms with E-state index in [1.54, 1.807) is 0 Å². The van der Waals surface area contributed by atoms with E-state index in [4.69, 9.17) is 14.9 Å². The van der Waals surface area contributed by atoms with Gasteiger partial charge in [-0.25, -0.2) is 9.37 Å². The molecule has 10 heteroatoms. The fraction of sp³-hybridized carbons (Fsp3) is 0.200. The van der Waals surface area contributed by atoms with Crippen molar-refractivity contribution in [2.24, 2.45) is 5.73 Å². The van der Waals surface area contributed by atoms with Crippen molar-refractivity contribution in [1.29, 1.82) is 0 Å². The van der Waals surface area contributed by atoms with E-state index in [9.17, 15) is 18.4 Å². The average Bonchev–Trinajstić information content (AvgIpc) is 3.48. The number of nitrogens with one attached hydrogen (secondary N) is 1. The van der Waals surface area contributed by atoms with Crippen LogP contribution in [0, 0.1) is 11.6 Å². The van der Waals surface area contributed by atoms with Gasteiger partial charge in [-0.1, -0.05) is 0 Å². The molecule has 0 bridgehead atoms. The van der Waals surface area contributed by atoms with Gasteiger partial charge in [0.1, 0.15) is 5.69 Å². The van der Waals surface area contributed by atoms with Gasteiger partial charge in [-0.15, -0.1) is 0 Å². The summed E-state index contributed by atoms with van der Waals surface area (Å²) in [4.78, 5) is 32.3. The van der Waals surface area contributed by atoms with Gasteiger partial charge < -0.3 is 20.2 Å². The molecule has 30 heavy (non-hydrogen) atoms. The second kappa shape index (κ2) is 7.54. The number of carbonyl (C=O) groups excluding carboxylic acids is 2. The minimum atomic E-state index is -1.20. The van der Waals surface area contributed by atoms with Crippen molar-refractivity contribution >= 4 is 17.5 Å². The van der Waals surface area contributed by atoms with Crippen LogP contribution in [0.1, 0.15) is 45.6 Å². The molecule has 1 saturated carbocycles. The molecule has 0 aliphatic heterocycles. The molecule has 154 valence electrons. The van der Waals surface area contributed by atoms with Crippen LogP contribution in [0.3, 0.4) is 0 Å². The molecule has 8 nitrogen and oxygen atoms in total. The van der Waals surface area contributed by atoms with E-state index >= 15 is 0 Å². The number of halogens is 2. The highest BCUT2D eigenvalue weighted by Crippen LogP contribution is 2.43. The Balaban J connectivity index is 1.75. The topological polar surface area (TPSA) is 120 Å². The minimum Gasteiger partial charge on any atom is -0.493 e. The fourth-order valence-electron chi connectivity index (χ4n) is 2.92. The van der Waals surface area contributed by atoms with Crippen LogP contribution in [-0.2, 0) is 0 Å². The van der Waals surface area contributed by atoms with Crippen LogP contribution in [0.2, 0.25) is 0 Å². The summed E-state index contributed by atoms with van der Waals surface area (Å²) in [5.74, 6) is -3.79. The summed E-state index contributed by atoms with van der Waals surface area (Å²) in [6, 6.07) is 4.93. The summed E-state index contributed by atoms with van der Waals surface area (Å²) in [7, 11) is 1.18. The third kappa shape index (κ3) is 3.59. The number of anilines is 1. The maximum atomic E-state index is 14.2. The average molecular weight is 414 g/mol. The molecular formula is C20H16F2N4O4. The summed E-state index contributed by atoms with van der Waals surface area (Å²) in [5.41, 5.74) is 5.35. The Morgan fingerprint density at radius 3 is 2.70 bits per heavy atom. The Morgan fingerprint density at radius 2 is 2.03 bits per heavy atom. The highest BCUT2D eigenvalue weighted by Gasteiger charge is 2.33. The molecule has 2 amide bonds. The molecule has 1 aliphatic carbocycles. The summed E-state index contributed by atoms with van der Waals surface area (Å²) in [5, 5.41) is 2.58. The van der Waals surface area contributed by atoms with Crippen molar-refractivity contribution in [3.63, 3.8) is 0 Å². The molecule has 3 aromatic rings. The van der Waals surface area contributed by atoms with E-state index in [1.807, 2.05) is 0 Å². The monoisotopic (exact) mass is 414 g/mol. The van der Waals surface area contributed by atoms with E-state index in [0.717, 1.165) is 18.9 Å². The lowest BCUT2D eigenvalue weighted by atomic mass is 10.1. The number of methoxy groups -OCH3 is 1. The van der Waals surface area contributed by atoms with Gasteiger partial charge in [-0.2, -0.15) is 4.39 Å². The molecule has 1 aromatic carbocycles. The van der Waals surface area contributed by atoms with Gasteiger partial charge in [0.2, 0.25) is 5.82 Å². The Bertz CT molecular complexity index is 1160. The van der Waals surface area contributed by atoms with Crippen LogP contribution in [0.25, 0.3) is 11.3 Å². The fourth-order valence-corrected chi connectivity index (χ4v) is 2.92. The standard InChI is InChI=1S/C20H16F2N4O4/c1-29-16-11(4-5-12(21)14(16)22)17-15(26-20(30-17)9-2-3-9)19(28)25-10-6-7-24-13(8-10)18(23)27/h4-9H,2-3H2,1H3,(H2,23,27)(H,24,25,28). The first-order valence-corrected chi connectivity index (χ1v) is 8.99. The van der Waals surface area contributed by atoms with Crippen LogP contribution in [0.5, 0.6) is 5.75 Å².